The summed E-state index contributed by atoms with van der Waals surface area (Å²) in [6.07, 6.45) is 15.2. The number of aryl methyl sites for hydroxylation is 1. The normalized spacial score (nSPS) is 11.9. The van der Waals surface area contributed by atoms with E-state index < -0.39 is 0 Å². The highest BCUT2D eigenvalue weighted by atomic mass is 15.1. The molecule has 0 radical (unpaired) electrons. The highest BCUT2D eigenvalue weighted by molar-refractivity contribution is 6.16. The maximum absolute atomic E-state index is 12.4. The van der Waals surface area contributed by atoms with Gasteiger partial charge in [-0.05, 0) is 67.6 Å². The van der Waals surface area contributed by atoms with Crippen LogP contribution in [0.3, 0.4) is 0 Å². The molecule has 0 saturated carbocycles. The zero-order valence-corrected chi connectivity index (χ0v) is 35.9. The molecule has 9 heterocycles. The lowest BCUT2D eigenvalue weighted by molar-refractivity contribution is 1.01. The van der Waals surface area contributed by atoms with Crippen LogP contribution in [0.4, 0.5) is 0 Å². The van der Waals surface area contributed by atoms with Crippen LogP contribution >= 0.6 is 0 Å². The van der Waals surface area contributed by atoms with Gasteiger partial charge >= 0.3 is 0 Å². The second kappa shape index (κ2) is 14.0. The lowest BCUT2D eigenvalue weighted by atomic mass is 9.95. The van der Waals surface area contributed by atoms with Gasteiger partial charge in [0.15, 0.2) is 0 Å². The molecular formula is C57H34N10. The van der Waals surface area contributed by atoms with Crippen LogP contribution in [0.25, 0.3) is 121 Å². The Hall–Kier alpha value is -9.46. The van der Waals surface area contributed by atoms with E-state index in [0.29, 0.717) is 22.5 Å². The van der Waals surface area contributed by atoms with Gasteiger partial charge in [-0.25, -0.2) is 0 Å². The van der Waals surface area contributed by atoms with E-state index in [-0.39, 0.29) is 0 Å². The van der Waals surface area contributed by atoms with Gasteiger partial charge in [-0.3, -0.25) is 24.9 Å². The second-order valence-electron chi connectivity index (χ2n) is 16.9. The molecule has 0 fully saturated rings. The molecule has 0 bridgehead atoms. The van der Waals surface area contributed by atoms with Gasteiger partial charge in [0.25, 0.3) is 0 Å². The Bertz CT molecular complexity index is 4230. The number of aromatic nitrogens is 9. The Labute approximate surface area is 381 Å². The fraction of sp³-hybridized carbons (Fsp3) is 0.0175. The van der Waals surface area contributed by atoms with E-state index in [1.54, 1.807) is 0 Å². The second-order valence-corrected chi connectivity index (χ2v) is 16.9. The van der Waals surface area contributed by atoms with Crippen LogP contribution < -0.4 is 0 Å². The van der Waals surface area contributed by atoms with E-state index in [2.05, 4.69) is 156 Å². The fourth-order valence-electron chi connectivity index (χ4n) is 10.8. The highest BCUT2D eigenvalue weighted by Crippen LogP contribution is 2.51. The molecule has 10 nitrogen and oxygen atoms in total. The molecule has 0 saturated heterocycles. The first-order valence-electron chi connectivity index (χ1n) is 22.1. The van der Waals surface area contributed by atoms with E-state index in [1.165, 1.54) is 0 Å². The van der Waals surface area contributed by atoms with Crippen molar-refractivity contribution in [3.05, 3.63) is 200 Å². The summed E-state index contributed by atoms with van der Waals surface area (Å²) in [4.78, 5) is 24.1. The van der Waals surface area contributed by atoms with Gasteiger partial charge in [0.05, 0.1) is 78.1 Å². The maximum atomic E-state index is 12.4. The van der Waals surface area contributed by atoms with Crippen LogP contribution in [0.15, 0.2) is 189 Å². The minimum absolute atomic E-state index is 0.453. The number of pyridine rings is 5. The van der Waals surface area contributed by atoms with Gasteiger partial charge in [-0.2, -0.15) is 5.26 Å². The summed E-state index contributed by atoms with van der Waals surface area (Å²) in [5, 5.41) is 20.5. The third kappa shape index (κ3) is 5.05. The first-order valence-corrected chi connectivity index (χ1v) is 22.1. The van der Waals surface area contributed by atoms with Crippen molar-refractivity contribution >= 4 is 87.2 Å². The summed E-state index contributed by atoms with van der Waals surface area (Å²) < 4.78 is 9.36. The van der Waals surface area contributed by atoms with Crippen molar-refractivity contribution in [2.75, 3.05) is 0 Å². The number of rotatable bonds is 5. The predicted molar refractivity (Wildman–Crippen MR) is 268 cm³/mol. The molecule has 9 aromatic heterocycles. The van der Waals surface area contributed by atoms with E-state index in [9.17, 15) is 5.26 Å². The maximum Gasteiger partial charge on any atom is 0.102 e. The van der Waals surface area contributed by atoms with Crippen LogP contribution in [0.2, 0.25) is 0 Å². The average molecular weight is 859 g/mol. The van der Waals surface area contributed by atoms with Crippen LogP contribution in [-0.2, 0) is 0 Å². The van der Waals surface area contributed by atoms with Crippen molar-refractivity contribution < 1.29 is 0 Å². The Kier molecular flexibility index (Phi) is 7.73. The topological polar surface area (TPSA) is 108 Å². The first kappa shape index (κ1) is 37.0. The molecule has 312 valence electrons. The van der Waals surface area contributed by atoms with Crippen molar-refractivity contribution in [1.29, 1.82) is 5.26 Å². The van der Waals surface area contributed by atoms with Gasteiger partial charge in [-0.1, -0.05) is 78.9 Å². The third-order valence-corrected chi connectivity index (χ3v) is 13.4. The van der Waals surface area contributed by atoms with Crippen molar-refractivity contribution in [2.45, 2.75) is 6.92 Å². The van der Waals surface area contributed by atoms with Crippen LogP contribution in [0.1, 0.15) is 11.3 Å². The molecular weight excluding hydrogens is 825 g/mol. The lowest BCUT2D eigenvalue weighted by Gasteiger charge is -2.29. The number of fused-ring (bicyclic) bond motifs is 12. The molecule has 0 unspecified atom stereocenters. The number of nitrogens with zero attached hydrogens (tertiary/aromatic N) is 10. The van der Waals surface area contributed by atoms with Gasteiger partial charge in [0.2, 0.25) is 0 Å². The molecule has 14 aromatic rings. The first-order chi connectivity index (χ1) is 33.2. The molecule has 0 amide bonds. The monoisotopic (exact) mass is 858 g/mol. The van der Waals surface area contributed by atoms with Crippen molar-refractivity contribution in [3.8, 4) is 40.1 Å². The minimum atomic E-state index is 0.453. The average Bonchev–Trinajstić information content (AvgIpc) is 4.11. The molecule has 0 aliphatic rings. The Morgan fingerprint density at radius 3 is 1.09 bits per heavy atom. The summed E-state index contributed by atoms with van der Waals surface area (Å²) in [5.41, 5.74) is 13.3. The SMILES string of the molecule is Cc1cccc(-c2c(C#N)c(-n3c4ccccc4c4cnccc43)c(-n3c4ccccc4c4cnccc43)c(-n3c4ccccc4c4cnccc43)c2-n2c3ccccc3c3cnccc32)n1. The quantitative estimate of drug-likeness (QED) is 0.171. The number of benzene rings is 5. The van der Waals surface area contributed by atoms with Gasteiger partial charge in [-0.15, -0.1) is 0 Å². The van der Waals surface area contributed by atoms with E-state index in [0.717, 1.165) is 110 Å². The van der Waals surface area contributed by atoms with E-state index >= 15 is 0 Å². The summed E-state index contributed by atoms with van der Waals surface area (Å²) in [7, 11) is 0. The Morgan fingerprint density at radius 1 is 0.358 bits per heavy atom. The summed E-state index contributed by atoms with van der Waals surface area (Å²) >= 11 is 0. The predicted octanol–water partition coefficient (Wildman–Crippen LogP) is 12.9. The molecule has 0 N–H and O–H groups in total. The number of para-hydroxylation sites is 4. The van der Waals surface area contributed by atoms with Crippen molar-refractivity contribution in [2.24, 2.45) is 0 Å². The van der Waals surface area contributed by atoms with Gasteiger partial charge in [0, 0.05) is 104 Å². The summed E-state index contributed by atoms with van der Waals surface area (Å²) in [5.74, 6) is 0. The van der Waals surface area contributed by atoms with Crippen LogP contribution in [0, 0.1) is 18.3 Å². The van der Waals surface area contributed by atoms with E-state index in [4.69, 9.17) is 15.0 Å². The molecule has 5 aromatic carbocycles. The minimum Gasteiger partial charge on any atom is -0.306 e. The zero-order chi connectivity index (χ0) is 44.3. The van der Waals surface area contributed by atoms with Crippen molar-refractivity contribution in [3.63, 3.8) is 0 Å². The summed E-state index contributed by atoms with van der Waals surface area (Å²) in [6, 6.07) is 51.2. The molecule has 10 heteroatoms. The smallest absolute Gasteiger partial charge is 0.102 e. The molecule has 0 spiro atoms. The molecule has 67 heavy (non-hydrogen) atoms. The van der Waals surface area contributed by atoms with Crippen LogP contribution in [-0.4, -0.2) is 43.2 Å². The Balaban J connectivity index is 1.38. The molecule has 0 aliphatic carbocycles. The van der Waals surface area contributed by atoms with Gasteiger partial charge in [0.1, 0.15) is 6.07 Å². The van der Waals surface area contributed by atoms with E-state index in [1.807, 2.05) is 74.7 Å². The van der Waals surface area contributed by atoms with Crippen molar-refractivity contribution in [1.82, 2.24) is 43.2 Å². The third-order valence-electron chi connectivity index (χ3n) is 13.4. The number of hydrogen-bond acceptors (Lipinski definition) is 6. The number of hydrogen-bond donors (Lipinski definition) is 0. The van der Waals surface area contributed by atoms with Crippen LogP contribution in [0.5, 0.6) is 0 Å². The lowest BCUT2D eigenvalue weighted by Crippen LogP contribution is -2.17. The number of nitriles is 1. The fourth-order valence-corrected chi connectivity index (χ4v) is 10.8. The van der Waals surface area contributed by atoms with Gasteiger partial charge < -0.3 is 18.3 Å². The molecule has 0 atom stereocenters. The molecule has 14 rings (SSSR count). The Morgan fingerprint density at radius 2 is 0.701 bits per heavy atom. The highest BCUT2D eigenvalue weighted by Gasteiger charge is 2.35. The zero-order valence-electron chi connectivity index (χ0n) is 35.9. The standard InChI is InChI=1S/C57H34N10/c1-34-11-10-16-44(63-34)53-39(29-58)54(64-45-17-6-2-12-35(45)40-30-59-25-21-49(40)64)56(66-47-19-8-4-14-37(47)42-32-61-27-23-51(42)66)57(67-48-20-9-5-15-38(48)43-33-62-28-24-52(43)67)55(53)65-46-18-7-3-13-36(46)41-31-60-26-22-50(41)65/h2-28,30-33H,1H3. The largest absolute Gasteiger partial charge is 0.306 e. The molecule has 0 aliphatic heterocycles. The summed E-state index contributed by atoms with van der Waals surface area (Å²) in [6.45, 7) is 2.00.